The molecule has 0 heterocycles. The fourth-order valence-corrected chi connectivity index (χ4v) is 1.03. The monoisotopic (exact) mass is 208 g/mol. The molecular weight excluding hydrogens is 196 g/mol. The SMILES string of the molecule is CC(=O)OC(C)CCCBr. The Kier molecular flexibility index (Phi) is 5.69. The van der Waals surface area contributed by atoms with Crippen LogP contribution in [0.4, 0.5) is 0 Å². The maximum Gasteiger partial charge on any atom is 0.302 e. The van der Waals surface area contributed by atoms with Gasteiger partial charge in [-0.2, -0.15) is 0 Å². The van der Waals surface area contributed by atoms with Crippen LogP contribution in [0.25, 0.3) is 0 Å². The lowest BCUT2D eigenvalue weighted by atomic mass is 10.2. The molecule has 0 radical (unpaired) electrons. The summed E-state index contributed by atoms with van der Waals surface area (Å²) >= 11 is 3.30. The van der Waals surface area contributed by atoms with Gasteiger partial charge >= 0.3 is 5.97 Å². The number of rotatable bonds is 4. The summed E-state index contributed by atoms with van der Waals surface area (Å²) in [5.41, 5.74) is 0. The van der Waals surface area contributed by atoms with E-state index in [0.29, 0.717) is 0 Å². The summed E-state index contributed by atoms with van der Waals surface area (Å²) in [6, 6.07) is 0. The van der Waals surface area contributed by atoms with Crippen molar-refractivity contribution in [1.82, 2.24) is 0 Å². The third kappa shape index (κ3) is 6.08. The van der Waals surface area contributed by atoms with Gasteiger partial charge in [0.1, 0.15) is 0 Å². The fraction of sp³-hybridized carbons (Fsp3) is 0.857. The lowest BCUT2D eigenvalue weighted by Crippen LogP contribution is -2.11. The Balaban J connectivity index is 3.25. The van der Waals surface area contributed by atoms with Crippen molar-refractivity contribution < 1.29 is 9.53 Å². The molecule has 0 aliphatic rings. The van der Waals surface area contributed by atoms with E-state index in [1.54, 1.807) is 0 Å². The van der Waals surface area contributed by atoms with Crippen LogP contribution >= 0.6 is 15.9 Å². The third-order valence-corrected chi connectivity index (χ3v) is 1.67. The second-order valence-corrected chi connectivity index (χ2v) is 3.04. The van der Waals surface area contributed by atoms with Gasteiger partial charge in [0.25, 0.3) is 0 Å². The Morgan fingerprint density at radius 3 is 2.70 bits per heavy atom. The summed E-state index contributed by atoms with van der Waals surface area (Å²) < 4.78 is 4.89. The number of halogens is 1. The van der Waals surface area contributed by atoms with Crippen LogP contribution < -0.4 is 0 Å². The molecule has 0 aliphatic heterocycles. The highest BCUT2D eigenvalue weighted by molar-refractivity contribution is 9.09. The average molecular weight is 209 g/mol. The predicted octanol–water partition coefficient (Wildman–Crippen LogP) is 2.11. The molecule has 0 amide bonds. The van der Waals surface area contributed by atoms with E-state index >= 15 is 0 Å². The molecule has 0 saturated carbocycles. The zero-order chi connectivity index (χ0) is 7.98. The van der Waals surface area contributed by atoms with Crippen LogP contribution in [0.15, 0.2) is 0 Å². The second kappa shape index (κ2) is 5.71. The quantitative estimate of drug-likeness (QED) is 0.523. The van der Waals surface area contributed by atoms with E-state index in [9.17, 15) is 4.79 Å². The Bertz CT molecular complexity index is 104. The van der Waals surface area contributed by atoms with Crippen molar-refractivity contribution in [2.24, 2.45) is 0 Å². The Labute approximate surface area is 70.1 Å². The van der Waals surface area contributed by atoms with E-state index < -0.39 is 0 Å². The molecule has 0 aromatic rings. The molecule has 0 saturated heterocycles. The van der Waals surface area contributed by atoms with Crippen LogP contribution in [-0.4, -0.2) is 17.4 Å². The number of carbonyl (C=O) groups excluding carboxylic acids is 1. The second-order valence-electron chi connectivity index (χ2n) is 2.25. The number of ether oxygens (including phenoxy) is 1. The number of alkyl halides is 1. The van der Waals surface area contributed by atoms with Gasteiger partial charge in [0.15, 0.2) is 0 Å². The number of carbonyl (C=O) groups is 1. The van der Waals surface area contributed by atoms with Crippen LogP contribution in [0.5, 0.6) is 0 Å². The largest absolute Gasteiger partial charge is 0.463 e. The van der Waals surface area contributed by atoms with E-state index in [-0.39, 0.29) is 12.1 Å². The predicted molar refractivity (Wildman–Crippen MR) is 44.3 cm³/mol. The average Bonchev–Trinajstić information content (AvgIpc) is 1.82. The van der Waals surface area contributed by atoms with Crippen LogP contribution in [0.3, 0.4) is 0 Å². The topological polar surface area (TPSA) is 26.3 Å². The third-order valence-electron chi connectivity index (χ3n) is 1.11. The van der Waals surface area contributed by atoms with Crippen LogP contribution in [0, 0.1) is 0 Å². The van der Waals surface area contributed by atoms with Gasteiger partial charge in [-0.15, -0.1) is 0 Å². The molecule has 1 unspecified atom stereocenters. The van der Waals surface area contributed by atoms with Crippen LogP contribution in [0.2, 0.25) is 0 Å². The Morgan fingerprint density at radius 2 is 2.30 bits per heavy atom. The van der Waals surface area contributed by atoms with Crippen LogP contribution in [-0.2, 0) is 9.53 Å². The summed E-state index contributed by atoms with van der Waals surface area (Å²) in [5.74, 6) is -0.193. The maximum atomic E-state index is 10.4. The van der Waals surface area contributed by atoms with Gasteiger partial charge in [-0.1, -0.05) is 15.9 Å². The number of hydrogen-bond donors (Lipinski definition) is 0. The summed E-state index contributed by atoms with van der Waals surface area (Å²) in [7, 11) is 0. The van der Waals surface area contributed by atoms with Gasteiger partial charge in [-0.3, -0.25) is 4.79 Å². The molecule has 3 heteroatoms. The van der Waals surface area contributed by atoms with E-state index in [1.165, 1.54) is 6.92 Å². The molecule has 0 aliphatic carbocycles. The summed E-state index contributed by atoms with van der Waals surface area (Å²) in [4.78, 5) is 10.4. The van der Waals surface area contributed by atoms with E-state index in [1.807, 2.05) is 6.92 Å². The standard InChI is InChI=1S/C7H13BrO2/c1-6(4-3-5-8)10-7(2)9/h6H,3-5H2,1-2H3. The maximum absolute atomic E-state index is 10.4. The molecule has 0 N–H and O–H groups in total. The number of hydrogen-bond acceptors (Lipinski definition) is 2. The van der Waals surface area contributed by atoms with Gasteiger partial charge in [-0.05, 0) is 19.8 Å². The molecule has 0 spiro atoms. The van der Waals surface area contributed by atoms with Gasteiger partial charge in [0, 0.05) is 12.3 Å². The smallest absolute Gasteiger partial charge is 0.302 e. The minimum Gasteiger partial charge on any atom is -0.463 e. The van der Waals surface area contributed by atoms with Gasteiger partial charge in [0.2, 0.25) is 0 Å². The van der Waals surface area contributed by atoms with E-state index in [4.69, 9.17) is 4.74 Å². The first kappa shape index (κ1) is 9.95. The molecule has 1 atom stereocenters. The summed E-state index contributed by atoms with van der Waals surface area (Å²) in [6.45, 7) is 3.34. The van der Waals surface area contributed by atoms with Crippen molar-refractivity contribution in [3.8, 4) is 0 Å². The summed E-state index contributed by atoms with van der Waals surface area (Å²) in [5, 5.41) is 0.971. The van der Waals surface area contributed by atoms with Crippen molar-refractivity contribution in [3.05, 3.63) is 0 Å². The molecular formula is C7H13BrO2. The molecule has 0 rings (SSSR count). The number of esters is 1. The highest BCUT2D eigenvalue weighted by Gasteiger charge is 2.02. The molecule has 10 heavy (non-hydrogen) atoms. The zero-order valence-electron chi connectivity index (χ0n) is 6.39. The molecule has 0 aromatic heterocycles. The van der Waals surface area contributed by atoms with E-state index in [2.05, 4.69) is 15.9 Å². The van der Waals surface area contributed by atoms with Crippen molar-refractivity contribution in [2.75, 3.05) is 5.33 Å². The summed E-state index contributed by atoms with van der Waals surface area (Å²) in [6.07, 6.45) is 2.05. The minimum absolute atomic E-state index is 0.0649. The molecule has 60 valence electrons. The minimum atomic E-state index is -0.193. The lowest BCUT2D eigenvalue weighted by Gasteiger charge is -2.09. The van der Waals surface area contributed by atoms with Crippen LogP contribution in [0.1, 0.15) is 26.7 Å². The molecule has 0 bridgehead atoms. The van der Waals surface area contributed by atoms with Crippen molar-refractivity contribution in [3.63, 3.8) is 0 Å². The first-order chi connectivity index (χ1) is 4.66. The molecule has 0 fully saturated rings. The van der Waals surface area contributed by atoms with Crippen molar-refractivity contribution in [2.45, 2.75) is 32.8 Å². The highest BCUT2D eigenvalue weighted by atomic mass is 79.9. The zero-order valence-corrected chi connectivity index (χ0v) is 7.98. The van der Waals surface area contributed by atoms with Crippen molar-refractivity contribution in [1.29, 1.82) is 0 Å². The van der Waals surface area contributed by atoms with Gasteiger partial charge in [-0.25, -0.2) is 0 Å². The highest BCUT2D eigenvalue weighted by Crippen LogP contribution is 2.03. The fourth-order valence-electron chi connectivity index (χ4n) is 0.707. The van der Waals surface area contributed by atoms with Crippen molar-refractivity contribution >= 4 is 21.9 Å². The normalized spacial score (nSPS) is 12.7. The lowest BCUT2D eigenvalue weighted by molar-refractivity contribution is -0.145. The van der Waals surface area contributed by atoms with E-state index in [0.717, 1.165) is 18.2 Å². The first-order valence-corrected chi connectivity index (χ1v) is 4.52. The molecule has 2 nitrogen and oxygen atoms in total. The van der Waals surface area contributed by atoms with Gasteiger partial charge < -0.3 is 4.74 Å². The van der Waals surface area contributed by atoms with Gasteiger partial charge in [0.05, 0.1) is 6.10 Å². The Hall–Kier alpha value is -0.0500. The Morgan fingerprint density at radius 1 is 1.70 bits per heavy atom. The first-order valence-electron chi connectivity index (χ1n) is 3.40. The molecule has 0 aromatic carbocycles.